The lowest BCUT2D eigenvalue weighted by Gasteiger charge is -2.22. The van der Waals surface area contributed by atoms with Gasteiger partial charge in [0.1, 0.15) is 5.02 Å². The van der Waals surface area contributed by atoms with Gasteiger partial charge in [0.15, 0.2) is 5.82 Å². The molecule has 0 aliphatic rings. The number of aromatic nitrogens is 2. The molecule has 0 saturated heterocycles. The number of aliphatic hydroxyl groups is 1. The first-order chi connectivity index (χ1) is 7.72. The average molecular weight is 246 g/mol. The molecule has 1 heterocycles. The topological polar surface area (TPSA) is 58.5 Å². The van der Waals surface area contributed by atoms with E-state index in [1.165, 1.54) is 13.3 Å². The van der Waals surface area contributed by atoms with E-state index in [1.54, 1.807) is 0 Å². The Morgan fingerprint density at radius 1 is 1.56 bits per heavy atom. The monoisotopic (exact) mass is 245 g/mol. The second kappa shape index (κ2) is 6.50. The number of ether oxygens (including phenoxy) is 1. The van der Waals surface area contributed by atoms with Crippen molar-refractivity contribution in [3.8, 4) is 6.01 Å². The predicted octanol–water partition coefficient (Wildman–Crippen LogP) is 1.35. The van der Waals surface area contributed by atoms with Crippen LogP contribution in [0.1, 0.15) is 13.3 Å². The van der Waals surface area contributed by atoms with Crippen molar-refractivity contribution in [3.05, 3.63) is 11.2 Å². The highest BCUT2D eigenvalue weighted by Gasteiger charge is 2.12. The van der Waals surface area contributed by atoms with Gasteiger partial charge in [0.2, 0.25) is 0 Å². The van der Waals surface area contributed by atoms with Crippen molar-refractivity contribution in [2.45, 2.75) is 13.3 Å². The van der Waals surface area contributed by atoms with Crippen LogP contribution in [0.3, 0.4) is 0 Å². The van der Waals surface area contributed by atoms with Gasteiger partial charge in [-0.3, -0.25) is 0 Å². The van der Waals surface area contributed by atoms with E-state index in [9.17, 15) is 0 Å². The molecule has 6 heteroatoms. The molecule has 5 nitrogen and oxygen atoms in total. The van der Waals surface area contributed by atoms with Gasteiger partial charge in [0.25, 0.3) is 0 Å². The Morgan fingerprint density at radius 2 is 2.31 bits per heavy atom. The molecule has 0 amide bonds. The summed E-state index contributed by atoms with van der Waals surface area (Å²) in [5.41, 5.74) is 0. The quantitative estimate of drug-likeness (QED) is 0.820. The lowest BCUT2D eigenvalue weighted by Crippen LogP contribution is -2.26. The third kappa shape index (κ3) is 3.21. The molecular formula is C10H16ClN3O2. The summed E-state index contributed by atoms with van der Waals surface area (Å²) in [4.78, 5) is 10.1. The molecule has 1 aromatic rings. The van der Waals surface area contributed by atoms with Crippen molar-refractivity contribution in [2.24, 2.45) is 0 Å². The van der Waals surface area contributed by atoms with Crippen molar-refractivity contribution in [3.63, 3.8) is 0 Å². The zero-order valence-electron chi connectivity index (χ0n) is 9.48. The lowest BCUT2D eigenvalue weighted by molar-refractivity contribution is 0.289. The van der Waals surface area contributed by atoms with Crippen molar-refractivity contribution >= 4 is 17.4 Å². The van der Waals surface area contributed by atoms with Crippen LogP contribution in [0, 0.1) is 0 Å². The summed E-state index contributed by atoms with van der Waals surface area (Å²) in [6.07, 6.45) is 2.20. The van der Waals surface area contributed by atoms with Gasteiger partial charge in [0, 0.05) is 19.7 Å². The second-order valence-electron chi connectivity index (χ2n) is 3.19. The molecule has 0 aliphatic heterocycles. The van der Waals surface area contributed by atoms with E-state index in [1.807, 2.05) is 11.8 Å². The maximum absolute atomic E-state index is 8.81. The number of methoxy groups -OCH3 is 1. The van der Waals surface area contributed by atoms with Crippen LogP contribution in [-0.2, 0) is 0 Å². The first kappa shape index (κ1) is 13.0. The van der Waals surface area contributed by atoms with Crippen LogP contribution in [0.4, 0.5) is 5.82 Å². The normalized spacial score (nSPS) is 10.2. The van der Waals surface area contributed by atoms with Crippen LogP contribution >= 0.6 is 11.6 Å². The summed E-state index contributed by atoms with van der Waals surface area (Å²) < 4.78 is 4.95. The van der Waals surface area contributed by atoms with E-state index in [0.29, 0.717) is 29.8 Å². The van der Waals surface area contributed by atoms with Crippen LogP contribution in [0.15, 0.2) is 6.20 Å². The number of halogens is 1. The van der Waals surface area contributed by atoms with Crippen LogP contribution in [-0.4, -0.2) is 41.9 Å². The molecule has 0 atom stereocenters. The average Bonchev–Trinajstić information content (AvgIpc) is 2.32. The zero-order chi connectivity index (χ0) is 12.0. The van der Waals surface area contributed by atoms with Gasteiger partial charge >= 0.3 is 6.01 Å². The Labute approximate surface area is 100 Å². The molecule has 0 radical (unpaired) electrons. The summed E-state index contributed by atoms with van der Waals surface area (Å²) in [6.45, 7) is 3.62. The highest BCUT2D eigenvalue weighted by atomic mass is 35.5. The largest absolute Gasteiger partial charge is 0.467 e. The smallest absolute Gasteiger partial charge is 0.318 e. The second-order valence-corrected chi connectivity index (χ2v) is 3.59. The number of anilines is 1. The first-order valence-corrected chi connectivity index (χ1v) is 5.53. The molecule has 0 spiro atoms. The summed E-state index contributed by atoms with van der Waals surface area (Å²) in [5, 5.41) is 9.30. The van der Waals surface area contributed by atoms with Gasteiger partial charge in [0.05, 0.1) is 13.3 Å². The molecule has 0 unspecified atom stereocenters. The number of hydrogen-bond donors (Lipinski definition) is 1. The Bertz CT molecular complexity index is 336. The Balaban J connectivity index is 2.89. The van der Waals surface area contributed by atoms with Crippen molar-refractivity contribution in [1.82, 2.24) is 9.97 Å². The van der Waals surface area contributed by atoms with Crippen LogP contribution in [0.25, 0.3) is 0 Å². The molecule has 1 aromatic heterocycles. The van der Waals surface area contributed by atoms with Crippen LogP contribution in [0.2, 0.25) is 5.02 Å². The molecule has 16 heavy (non-hydrogen) atoms. The number of aliphatic hydroxyl groups excluding tert-OH is 1. The van der Waals surface area contributed by atoms with E-state index in [4.69, 9.17) is 21.4 Å². The Kier molecular flexibility index (Phi) is 5.28. The standard InChI is InChI=1S/C10H16ClN3O2/c1-3-14(5-4-6-15)9-8(11)7-12-10(13-9)16-2/h7,15H,3-6H2,1-2H3. The summed E-state index contributed by atoms with van der Waals surface area (Å²) >= 11 is 6.02. The van der Waals surface area contributed by atoms with Crippen LogP contribution in [0.5, 0.6) is 6.01 Å². The van der Waals surface area contributed by atoms with Crippen LogP contribution < -0.4 is 9.64 Å². The fraction of sp³-hybridized carbons (Fsp3) is 0.600. The SMILES string of the molecule is CCN(CCCO)c1nc(OC)ncc1Cl. The van der Waals surface area contributed by atoms with Gasteiger partial charge in [-0.25, -0.2) is 4.98 Å². The summed E-state index contributed by atoms with van der Waals surface area (Å²) in [6, 6.07) is 0.293. The maximum atomic E-state index is 8.81. The summed E-state index contributed by atoms with van der Waals surface area (Å²) in [7, 11) is 1.51. The van der Waals surface area contributed by atoms with E-state index >= 15 is 0 Å². The van der Waals surface area contributed by atoms with Crippen molar-refractivity contribution in [2.75, 3.05) is 31.7 Å². The Hall–Kier alpha value is -1.07. The third-order valence-corrected chi connectivity index (χ3v) is 2.42. The van der Waals surface area contributed by atoms with E-state index in [-0.39, 0.29) is 6.61 Å². The first-order valence-electron chi connectivity index (χ1n) is 5.15. The lowest BCUT2D eigenvalue weighted by atomic mass is 10.4. The van der Waals surface area contributed by atoms with E-state index in [2.05, 4.69) is 9.97 Å². The minimum atomic E-state index is 0.149. The van der Waals surface area contributed by atoms with Crippen molar-refractivity contribution < 1.29 is 9.84 Å². The number of rotatable bonds is 6. The molecule has 90 valence electrons. The van der Waals surface area contributed by atoms with Gasteiger partial charge < -0.3 is 14.7 Å². The zero-order valence-corrected chi connectivity index (χ0v) is 10.2. The molecule has 0 aromatic carbocycles. The Morgan fingerprint density at radius 3 is 2.88 bits per heavy atom. The fourth-order valence-corrected chi connectivity index (χ4v) is 1.55. The highest BCUT2D eigenvalue weighted by molar-refractivity contribution is 6.32. The maximum Gasteiger partial charge on any atom is 0.318 e. The highest BCUT2D eigenvalue weighted by Crippen LogP contribution is 2.24. The van der Waals surface area contributed by atoms with Gasteiger partial charge in [-0.15, -0.1) is 0 Å². The minimum absolute atomic E-state index is 0.149. The molecule has 0 fully saturated rings. The molecule has 0 aliphatic carbocycles. The predicted molar refractivity (Wildman–Crippen MR) is 63.2 cm³/mol. The van der Waals surface area contributed by atoms with Gasteiger partial charge in [-0.2, -0.15) is 4.98 Å². The fourth-order valence-electron chi connectivity index (χ4n) is 1.34. The molecule has 0 bridgehead atoms. The molecule has 1 rings (SSSR count). The number of nitrogens with zero attached hydrogens (tertiary/aromatic N) is 3. The molecule has 1 N–H and O–H groups in total. The third-order valence-electron chi connectivity index (χ3n) is 2.15. The molecule has 0 saturated carbocycles. The molecular weight excluding hydrogens is 230 g/mol. The van der Waals surface area contributed by atoms with Gasteiger partial charge in [-0.05, 0) is 13.3 Å². The van der Waals surface area contributed by atoms with Gasteiger partial charge in [-0.1, -0.05) is 11.6 Å². The van der Waals surface area contributed by atoms with Crippen molar-refractivity contribution in [1.29, 1.82) is 0 Å². The number of hydrogen-bond acceptors (Lipinski definition) is 5. The minimum Gasteiger partial charge on any atom is -0.467 e. The summed E-state index contributed by atoms with van der Waals surface area (Å²) in [5.74, 6) is 0.643. The van der Waals surface area contributed by atoms with E-state index < -0.39 is 0 Å². The van der Waals surface area contributed by atoms with E-state index in [0.717, 1.165) is 6.54 Å².